The SMILES string of the molecule is CCNC(Cc1nc(Cc2nc(C)cs2)no1)CC(C)C. The standard InChI is InChI=1S/C15H24N4OS/c1-5-16-12(6-10(2)3)7-14-18-13(19-20-14)8-15-17-11(4)9-21-15/h9-10,12,16H,5-8H2,1-4H3. The third-order valence-electron chi connectivity index (χ3n) is 3.16. The summed E-state index contributed by atoms with van der Waals surface area (Å²) >= 11 is 1.64. The summed E-state index contributed by atoms with van der Waals surface area (Å²) in [6.45, 7) is 9.53. The van der Waals surface area contributed by atoms with Gasteiger partial charge in [0.25, 0.3) is 0 Å². The molecule has 2 rings (SSSR count). The van der Waals surface area contributed by atoms with Gasteiger partial charge < -0.3 is 9.84 Å². The molecule has 2 aromatic rings. The predicted octanol–water partition coefficient (Wildman–Crippen LogP) is 2.99. The van der Waals surface area contributed by atoms with E-state index in [4.69, 9.17) is 4.52 Å². The molecule has 1 N–H and O–H groups in total. The highest BCUT2D eigenvalue weighted by Gasteiger charge is 2.16. The molecule has 2 heterocycles. The molecule has 0 saturated heterocycles. The molecule has 0 aliphatic rings. The Labute approximate surface area is 130 Å². The Kier molecular flexibility index (Phi) is 5.87. The minimum atomic E-state index is 0.394. The molecule has 21 heavy (non-hydrogen) atoms. The first-order chi connectivity index (χ1) is 10.1. The summed E-state index contributed by atoms with van der Waals surface area (Å²) in [5.74, 6) is 2.08. The molecule has 5 nitrogen and oxygen atoms in total. The average molecular weight is 308 g/mol. The fourth-order valence-electron chi connectivity index (χ4n) is 2.37. The van der Waals surface area contributed by atoms with Crippen LogP contribution in [0.4, 0.5) is 0 Å². The van der Waals surface area contributed by atoms with Crippen LogP contribution in [0.5, 0.6) is 0 Å². The molecular formula is C15H24N4OS. The molecule has 0 spiro atoms. The highest BCUT2D eigenvalue weighted by Crippen LogP contribution is 2.14. The Morgan fingerprint density at radius 2 is 2.14 bits per heavy atom. The zero-order valence-corrected chi connectivity index (χ0v) is 14.0. The summed E-state index contributed by atoms with van der Waals surface area (Å²) in [5, 5.41) is 10.6. The number of nitrogens with one attached hydrogen (secondary N) is 1. The third kappa shape index (κ3) is 5.21. The topological polar surface area (TPSA) is 63.8 Å². The summed E-state index contributed by atoms with van der Waals surface area (Å²) in [6, 6.07) is 0.394. The molecule has 6 heteroatoms. The van der Waals surface area contributed by atoms with Crippen LogP contribution in [-0.2, 0) is 12.8 Å². The van der Waals surface area contributed by atoms with Crippen molar-refractivity contribution in [2.45, 2.75) is 53.0 Å². The van der Waals surface area contributed by atoms with Gasteiger partial charge in [0.15, 0.2) is 5.82 Å². The molecule has 0 radical (unpaired) electrons. The molecule has 0 aliphatic heterocycles. The maximum absolute atomic E-state index is 5.38. The number of thiazole rings is 1. The summed E-state index contributed by atoms with van der Waals surface area (Å²) < 4.78 is 5.38. The average Bonchev–Trinajstić information content (AvgIpc) is 2.99. The van der Waals surface area contributed by atoms with Crippen LogP contribution in [-0.4, -0.2) is 27.7 Å². The molecule has 1 atom stereocenters. The molecule has 0 saturated carbocycles. The second-order valence-electron chi connectivity index (χ2n) is 5.75. The molecule has 0 amide bonds. The van der Waals surface area contributed by atoms with Crippen molar-refractivity contribution in [2.75, 3.05) is 6.54 Å². The Morgan fingerprint density at radius 3 is 2.76 bits per heavy atom. The highest BCUT2D eigenvalue weighted by molar-refractivity contribution is 7.09. The number of hydrogen-bond acceptors (Lipinski definition) is 6. The van der Waals surface area contributed by atoms with E-state index in [1.165, 1.54) is 0 Å². The van der Waals surface area contributed by atoms with Crippen LogP contribution in [0, 0.1) is 12.8 Å². The van der Waals surface area contributed by atoms with Crippen molar-refractivity contribution in [3.8, 4) is 0 Å². The maximum atomic E-state index is 5.38. The van der Waals surface area contributed by atoms with E-state index in [1.807, 2.05) is 12.3 Å². The first-order valence-electron chi connectivity index (χ1n) is 7.52. The number of nitrogens with zero attached hydrogens (tertiary/aromatic N) is 3. The molecular weight excluding hydrogens is 284 g/mol. The zero-order chi connectivity index (χ0) is 15.2. The van der Waals surface area contributed by atoms with Crippen molar-refractivity contribution >= 4 is 11.3 Å². The molecule has 116 valence electrons. The zero-order valence-electron chi connectivity index (χ0n) is 13.2. The molecule has 0 fully saturated rings. The lowest BCUT2D eigenvalue weighted by Gasteiger charge is -2.17. The lowest BCUT2D eigenvalue weighted by Crippen LogP contribution is -2.32. The molecule has 1 unspecified atom stereocenters. The Balaban J connectivity index is 1.94. The molecule has 2 aromatic heterocycles. The molecule has 0 aromatic carbocycles. The normalized spacial score (nSPS) is 13.0. The Bertz CT molecular complexity index is 549. The van der Waals surface area contributed by atoms with Gasteiger partial charge in [0.05, 0.1) is 6.42 Å². The summed E-state index contributed by atoms with van der Waals surface area (Å²) in [5.41, 5.74) is 1.04. The van der Waals surface area contributed by atoms with Crippen molar-refractivity contribution in [3.63, 3.8) is 0 Å². The van der Waals surface area contributed by atoms with Crippen LogP contribution in [0.15, 0.2) is 9.90 Å². The van der Waals surface area contributed by atoms with Crippen LogP contribution in [0.2, 0.25) is 0 Å². The number of likely N-dealkylation sites (N-methyl/N-ethyl adjacent to an activating group) is 1. The number of rotatable bonds is 8. The monoisotopic (exact) mass is 308 g/mol. The minimum absolute atomic E-state index is 0.394. The van der Waals surface area contributed by atoms with Crippen LogP contribution in [0.25, 0.3) is 0 Å². The number of hydrogen-bond donors (Lipinski definition) is 1. The van der Waals surface area contributed by atoms with Gasteiger partial charge in [0, 0.05) is 23.5 Å². The minimum Gasteiger partial charge on any atom is -0.339 e. The fourth-order valence-corrected chi connectivity index (χ4v) is 3.14. The van der Waals surface area contributed by atoms with E-state index in [1.54, 1.807) is 11.3 Å². The largest absolute Gasteiger partial charge is 0.339 e. The van der Waals surface area contributed by atoms with Crippen molar-refractivity contribution < 1.29 is 4.52 Å². The van der Waals surface area contributed by atoms with Crippen molar-refractivity contribution in [2.24, 2.45) is 5.92 Å². The van der Waals surface area contributed by atoms with Gasteiger partial charge in [-0.05, 0) is 25.8 Å². The summed E-state index contributed by atoms with van der Waals surface area (Å²) in [6.07, 6.45) is 2.55. The summed E-state index contributed by atoms with van der Waals surface area (Å²) in [4.78, 5) is 8.92. The van der Waals surface area contributed by atoms with Gasteiger partial charge in [-0.2, -0.15) is 4.98 Å². The van der Waals surface area contributed by atoms with E-state index in [2.05, 4.69) is 41.2 Å². The number of aromatic nitrogens is 3. The van der Waals surface area contributed by atoms with Crippen LogP contribution >= 0.6 is 11.3 Å². The molecule has 0 aliphatic carbocycles. The number of aryl methyl sites for hydroxylation is 1. The van der Waals surface area contributed by atoms with Crippen molar-refractivity contribution in [3.05, 3.63) is 27.8 Å². The Morgan fingerprint density at radius 1 is 1.33 bits per heavy atom. The van der Waals surface area contributed by atoms with Gasteiger partial charge in [-0.1, -0.05) is 25.9 Å². The van der Waals surface area contributed by atoms with Crippen molar-refractivity contribution in [1.82, 2.24) is 20.4 Å². The van der Waals surface area contributed by atoms with Crippen LogP contribution in [0.3, 0.4) is 0 Å². The van der Waals surface area contributed by atoms with E-state index < -0.39 is 0 Å². The first-order valence-corrected chi connectivity index (χ1v) is 8.40. The first kappa shape index (κ1) is 16.1. The van der Waals surface area contributed by atoms with Crippen molar-refractivity contribution in [1.29, 1.82) is 0 Å². The van der Waals surface area contributed by atoms with Gasteiger partial charge in [0.1, 0.15) is 5.01 Å². The predicted molar refractivity (Wildman–Crippen MR) is 84.6 cm³/mol. The van der Waals surface area contributed by atoms with E-state index in [0.717, 1.165) is 35.9 Å². The smallest absolute Gasteiger partial charge is 0.228 e. The quantitative estimate of drug-likeness (QED) is 0.812. The third-order valence-corrected chi connectivity index (χ3v) is 4.12. The second kappa shape index (κ2) is 7.66. The lowest BCUT2D eigenvalue weighted by molar-refractivity contribution is 0.338. The van der Waals surface area contributed by atoms with E-state index in [9.17, 15) is 0 Å². The van der Waals surface area contributed by atoms with Gasteiger partial charge >= 0.3 is 0 Å². The van der Waals surface area contributed by atoms with E-state index in [-0.39, 0.29) is 0 Å². The fraction of sp³-hybridized carbons (Fsp3) is 0.667. The highest BCUT2D eigenvalue weighted by atomic mass is 32.1. The van der Waals surface area contributed by atoms with Crippen LogP contribution in [0.1, 0.15) is 49.6 Å². The summed E-state index contributed by atoms with van der Waals surface area (Å²) in [7, 11) is 0. The van der Waals surface area contributed by atoms with E-state index >= 15 is 0 Å². The van der Waals surface area contributed by atoms with E-state index in [0.29, 0.717) is 24.3 Å². The maximum Gasteiger partial charge on any atom is 0.228 e. The lowest BCUT2D eigenvalue weighted by atomic mass is 10.0. The molecule has 0 bridgehead atoms. The van der Waals surface area contributed by atoms with Gasteiger partial charge in [-0.15, -0.1) is 11.3 Å². The van der Waals surface area contributed by atoms with Gasteiger partial charge in [-0.3, -0.25) is 0 Å². The second-order valence-corrected chi connectivity index (χ2v) is 6.69. The van der Waals surface area contributed by atoms with Gasteiger partial charge in [0.2, 0.25) is 5.89 Å². The van der Waals surface area contributed by atoms with Crippen LogP contribution < -0.4 is 5.32 Å². The Hall–Kier alpha value is -1.27. The van der Waals surface area contributed by atoms with Gasteiger partial charge in [-0.25, -0.2) is 4.98 Å².